The molecule has 2 bridgehead atoms. The Kier molecular flexibility index (Phi) is 2.42. The van der Waals surface area contributed by atoms with Crippen molar-refractivity contribution in [1.82, 2.24) is 0 Å². The van der Waals surface area contributed by atoms with Crippen LogP contribution in [0.2, 0.25) is 0 Å². The second-order valence-corrected chi connectivity index (χ2v) is 7.95. The lowest BCUT2D eigenvalue weighted by Gasteiger charge is -2.15. The fourth-order valence-corrected chi connectivity index (χ4v) is 5.30. The highest BCUT2D eigenvalue weighted by molar-refractivity contribution is 7.89. The van der Waals surface area contributed by atoms with Crippen LogP contribution in [-0.2, 0) is 10.0 Å². The summed E-state index contributed by atoms with van der Waals surface area (Å²) in [4.78, 5) is 0.0104. The van der Waals surface area contributed by atoms with Gasteiger partial charge in [-0.1, -0.05) is 6.07 Å². The Balaban J connectivity index is 1.59. The molecule has 4 unspecified atom stereocenters. The fourth-order valence-electron chi connectivity index (χ4n) is 4.62. The molecular formula is C14H19N3O2S. The van der Waals surface area contributed by atoms with Gasteiger partial charge in [-0.2, -0.15) is 0 Å². The van der Waals surface area contributed by atoms with Crippen molar-refractivity contribution in [3.63, 3.8) is 0 Å². The first kappa shape index (κ1) is 12.5. The number of fused-ring (bicyclic) bond motifs is 5. The second-order valence-electron chi connectivity index (χ2n) is 6.42. The number of nitrogen functional groups attached to an aromatic ring is 1. The Morgan fingerprint density at radius 3 is 2.40 bits per heavy atom. The minimum Gasteiger partial charge on any atom is -0.396 e. The number of sulfonamides is 1. The highest BCUT2D eigenvalue weighted by Crippen LogP contribution is 2.66. The van der Waals surface area contributed by atoms with Gasteiger partial charge in [0.2, 0.25) is 10.0 Å². The summed E-state index contributed by atoms with van der Waals surface area (Å²) in [6.07, 6.45) is 4.10. The zero-order valence-electron chi connectivity index (χ0n) is 11.1. The standard InChI is InChI=1S/C14H19N3O2S/c15-13-9(2-1-3-10(13)20(16,18)19)17-14-11-7-4-5-8(6-7)12(11)14/h1-3,7-8,11-12,14,17H,4-6,15H2,(H2,16,18,19). The van der Waals surface area contributed by atoms with Crippen molar-refractivity contribution < 1.29 is 8.42 Å². The quantitative estimate of drug-likeness (QED) is 0.733. The highest BCUT2D eigenvalue weighted by Gasteiger charge is 2.65. The largest absolute Gasteiger partial charge is 0.396 e. The van der Waals surface area contributed by atoms with Gasteiger partial charge in [-0.05, 0) is 55.1 Å². The molecule has 3 saturated carbocycles. The summed E-state index contributed by atoms with van der Waals surface area (Å²) in [6.45, 7) is 0. The van der Waals surface area contributed by atoms with Crippen LogP contribution in [0.3, 0.4) is 0 Å². The van der Waals surface area contributed by atoms with Gasteiger partial charge in [0.05, 0.1) is 11.4 Å². The van der Waals surface area contributed by atoms with Gasteiger partial charge in [0.1, 0.15) is 4.90 Å². The van der Waals surface area contributed by atoms with E-state index in [4.69, 9.17) is 10.9 Å². The molecule has 4 rings (SSSR count). The molecule has 0 aliphatic heterocycles. The van der Waals surface area contributed by atoms with Gasteiger partial charge >= 0.3 is 0 Å². The van der Waals surface area contributed by atoms with E-state index in [-0.39, 0.29) is 10.6 Å². The SMILES string of the molecule is Nc1c(NC2C3C4CCC(C4)C23)cccc1S(N)(=O)=O. The van der Waals surface area contributed by atoms with Crippen molar-refractivity contribution in [3.8, 4) is 0 Å². The van der Waals surface area contributed by atoms with E-state index in [1.54, 1.807) is 6.07 Å². The lowest BCUT2D eigenvalue weighted by molar-refractivity contribution is 0.456. The van der Waals surface area contributed by atoms with Crippen molar-refractivity contribution in [2.24, 2.45) is 28.8 Å². The molecule has 0 amide bonds. The van der Waals surface area contributed by atoms with Crippen LogP contribution in [-0.4, -0.2) is 14.5 Å². The highest BCUT2D eigenvalue weighted by atomic mass is 32.2. The summed E-state index contributed by atoms with van der Waals surface area (Å²) in [5.74, 6) is 3.27. The van der Waals surface area contributed by atoms with E-state index in [0.717, 1.165) is 23.7 Å². The Morgan fingerprint density at radius 2 is 1.80 bits per heavy atom. The number of nitrogens with two attached hydrogens (primary N) is 2. The molecule has 1 aromatic carbocycles. The van der Waals surface area contributed by atoms with Crippen molar-refractivity contribution >= 4 is 21.4 Å². The normalized spacial score (nSPS) is 37.8. The van der Waals surface area contributed by atoms with E-state index in [0.29, 0.717) is 11.7 Å². The molecule has 3 aliphatic rings. The summed E-state index contributed by atoms with van der Waals surface area (Å²) in [5.41, 5.74) is 6.91. The molecule has 4 atom stereocenters. The molecule has 20 heavy (non-hydrogen) atoms. The van der Waals surface area contributed by atoms with Crippen LogP contribution in [0, 0.1) is 23.7 Å². The van der Waals surface area contributed by atoms with Crippen LogP contribution in [0.1, 0.15) is 19.3 Å². The third-order valence-corrected chi connectivity index (χ3v) is 6.40. The van der Waals surface area contributed by atoms with E-state index < -0.39 is 10.0 Å². The third-order valence-electron chi connectivity index (χ3n) is 5.43. The number of para-hydroxylation sites is 1. The summed E-state index contributed by atoms with van der Waals surface area (Å²) in [7, 11) is -3.76. The van der Waals surface area contributed by atoms with E-state index >= 15 is 0 Å². The predicted octanol–water partition coefficient (Wildman–Crippen LogP) is 1.37. The zero-order chi connectivity index (χ0) is 14.1. The van der Waals surface area contributed by atoms with Gasteiger partial charge in [-0.15, -0.1) is 0 Å². The van der Waals surface area contributed by atoms with Gasteiger partial charge in [0.25, 0.3) is 0 Å². The van der Waals surface area contributed by atoms with Crippen LogP contribution >= 0.6 is 0 Å². The van der Waals surface area contributed by atoms with Gasteiger partial charge < -0.3 is 11.1 Å². The molecule has 0 aromatic heterocycles. The van der Waals surface area contributed by atoms with Crippen LogP contribution in [0.15, 0.2) is 23.1 Å². The van der Waals surface area contributed by atoms with Gasteiger partial charge in [0.15, 0.2) is 0 Å². The van der Waals surface area contributed by atoms with Gasteiger partial charge in [-0.25, -0.2) is 13.6 Å². The summed E-state index contributed by atoms with van der Waals surface area (Å²) >= 11 is 0. The Morgan fingerprint density at radius 1 is 1.15 bits per heavy atom. The Hall–Kier alpha value is -1.27. The van der Waals surface area contributed by atoms with Crippen LogP contribution in [0.25, 0.3) is 0 Å². The van der Waals surface area contributed by atoms with Crippen molar-refractivity contribution in [2.75, 3.05) is 11.1 Å². The summed E-state index contributed by atoms with van der Waals surface area (Å²) < 4.78 is 23.0. The number of hydrogen-bond acceptors (Lipinski definition) is 4. The monoisotopic (exact) mass is 293 g/mol. The molecule has 0 radical (unpaired) electrons. The number of primary sulfonamides is 1. The lowest BCUT2D eigenvalue weighted by Crippen LogP contribution is -2.17. The van der Waals surface area contributed by atoms with E-state index in [9.17, 15) is 8.42 Å². The summed E-state index contributed by atoms with van der Waals surface area (Å²) in [6, 6.07) is 5.44. The molecule has 3 fully saturated rings. The fraction of sp³-hybridized carbons (Fsp3) is 0.571. The van der Waals surface area contributed by atoms with Gasteiger partial charge in [0, 0.05) is 6.04 Å². The number of hydrogen-bond donors (Lipinski definition) is 3. The Labute approximate surface area is 118 Å². The Bertz CT molecular complexity index is 657. The molecule has 3 aliphatic carbocycles. The number of anilines is 2. The molecule has 108 valence electrons. The molecule has 6 heteroatoms. The van der Waals surface area contributed by atoms with Crippen LogP contribution < -0.4 is 16.2 Å². The molecule has 0 spiro atoms. The van der Waals surface area contributed by atoms with E-state index in [1.165, 1.54) is 25.3 Å². The molecule has 0 heterocycles. The average Bonchev–Trinajstić information content (AvgIpc) is 2.78. The maximum absolute atomic E-state index is 11.5. The molecule has 5 nitrogen and oxygen atoms in total. The van der Waals surface area contributed by atoms with Crippen molar-refractivity contribution in [3.05, 3.63) is 18.2 Å². The predicted molar refractivity (Wildman–Crippen MR) is 77.4 cm³/mol. The zero-order valence-corrected chi connectivity index (χ0v) is 11.9. The molecule has 0 saturated heterocycles. The molecule has 1 aromatic rings. The third kappa shape index (κ3) is 1.67. The summed E-state index contributed by atoms with van der Waals surface area (Å²) in [5, 5.41) is 8.64. The van der Waals surface area contributed by atoms with E-state index in [1.807, 2.05) is 6.07 Å². The first-order valence-electron chi connectivity index (χ1n) is 7.14. The second kappa shape index (κ2) is 3.89. The molecular weight excluding hydrogens is 274 g/mol. The molecule has 5 N–H and O–H groups in total. The minimum absolute atomic E-state index is 0.0104. The van der Waals surface area contributed by atoms with E-state index in [2.05, 4.69) is 5.32 Å². The van der Waals surface area contributed by atoms with Crippen molar-refractivity contribution in [2.45, 2.75) is 30.2 Å². The topological polar surface area (TPSA) is 98.2 Å². The smallest absolute Gasteiger partial charge is 0.240 e. The van der Waals surface area contributed by atoms with Crippen molar-refractivity contribution in [1.29, 1.82) is 0 Å². The number of rotatable bonds is 3. The van der Waals surface area contributed by atoms with Crippen LogP contribution in [0.5, 0.6) is 0 Å². The first-order chi connectivity index (χ1) is 9.47. The first-order valence-corrected chi connectivity index (χ1v) is 8.69. The average molecular weight is 293 g/mol. The maximum atomic E-state index is 11.5. The van der Waals surface area contributed by atoms with Gasteiger partial charge in [-0.3, -0.25) is 0 Å². The number of benzene rings is 1. The minimum atomic E-state index is -3.76. The number of nitrogens with one attached hydrogen (secondary N) is 1. The maximum Gasteiger partial charge on any atom is 0.240 e. The van der Waals surface area contributed by atoms with Crippen LogP contribution in [0.4, 0.5) is 11.4 Å². The lowest BCUT2D eigenvalue weighted by atomic mass is 10.0.